The number of rotatable bonds is 17. The number of carbonyl (C=O) groups is 1. The van der Waals surface area contributed by atoms with Crippen molar-refractivity contribution in [2.45, 2.75) is 38.4 Å². The summed E-state index contributed by atoms with van der Waals surface area (Å²) in [6, 6.07) is 8.71. The van der Waals surface area contributed by atoms with Gasteiger partial charge in [0.05, 0.1) is 44.4 Å². The van der Waals surface area contributed by atoms with Gasteiger partial charge >= 0.3 is 12.6 Å². The topological polar surface area (TPSA) is 118 Å². The number of ether oxygens (including phenoxy) is 5. The minimum absolute atomic E-state index is 0.00915. The summed E-state index contributed by atoms with van der Waals surface area (Å²) < 4.78 is 81.3. The molecule has 50 heavy (non-hydrogen) atoms. The largest absolute Gasteiger partial charge is 0.495 e. The van der Waals surface area contributed by atoms with Crippen molar-refractivity contribution < 1.29 is 50.7 Å². The number of hydrogen-bond donors (Lipinski definition) is 0. The number of halogens is 4. The van der Waals surface area contributed by atoms with E-state index in [2.05, 4.69) is 9.88 Å². The Bertz CT molecular complexity index is 1720. The van der Waals surface area contributed by atoms with Crippen LogP contribution < -0.4 is 23.5 Å². The number of morpholine rings is 1. The number of sulfonamides is 1. The van der Waals surface area contributed by atoms with Crippen LogP contribution in [0, 0.1) is 5.92 Å². The van der Waals surface area contributed by atoms with Gasteiger partial charge in [0.2, 0.25) is 10.0 Å². The van der Waals surface area contributed by atoms with Crippen molar-refractivity contribution >= 4 is 44.9 Å². The van der Waals surface area contributed by atoms with E-state index in [9.17, 15) is 22.0 Å². The summed E-state index contributed by atoms with van der Waals surface area (Å²) in [6.07, 6.45) is 5.60. The first-order valence-corrected chi connectivity index (χ1v) is 18.8. The number of benzene rings is 2. The molecule has 2 aliphatic rings. The fraction of sp³-hybridized carbons (Fsp3) is 0.471. The highest BCUT2D eigenvalue weighted by molar-refractivity contribution is 7.92. The summed E-state index contributed by atoms with van der Waals surface area (Å²) in [5.41, 5.74) is 1.10. The third-order valence-corrected chi connectivity index (χ3v) is 10.2. The molecule has 1 aliphatic carbocycles. The van der Waals surface area contributed by atoms with E-state index in [1.54, 1.807) is 0 Å². The quantitative estimate of drug-likeness (QED) is 0.157. The molecule has 0 unspecified atom stereocenters. The van der Waals surface area contributed by atoms with Crippen LogP contribution >= 0.6 is 23.2 Å². The van der Waals surface area contributed by atoms with Crippen LogP contribution in [0.2, 0.25) is 10.0 Å². The molecule has 0 radical (unpaired) electrons. The minimum atomic E-state index is -3.79. The molecule has 3 aromatic rings. The van der Waals surface area contributed by atoms with Crippen LogP contribution in [0.4, 0.5) is 14.5 Å². The predicted molar refractivity (Wildman–Crippen MR) is 183 cm³/mol. The Morgan fingerprint density at radius 1 is 1.06 bits per heavy atom. The molecule has 1 saturated carbocycles. The third-order valence-electron chi connectivity index (χ3n) is 8.39. The Labute approximate surface area is 300 Å². The standard InChI is InChI=1S/C34H39Cl2F2N3O8S/c1-45-29-8-7-24(16-28(29)41(50(2,43)44)11-3-10-40-12-14-46-15-13-40)33(42)48-31(18-25-26(35)19-39-20-27(25)36)23-6-9-30(49-34(37)38)32(17-23)47-21-22-4-5-22/h6-9,16-17,19-20,22,31,34H,3-5,10-15,18,21H2,1-2H3/p+1/t31-/m0/s1. The van der Waals surface area contributed by atoms with Crippen molar-refractivity contribution in [3.63, 3.8) is 0 Å². The van der Waals surface area contributed by atoms with Gasteiger partial charge in [-0.15, -0.1) is 0 Å². The van der Waals surface area contributed by atoms with Gasteiger partial charge < -0.3 is 23.7 Å². The van der Waals surface area contributed by atoms with Gasteiger partial charge in [-0.05, 0) is 61.1 Å². The summed E-state index contributed by atoms with van der Waals surface area (Å²) in [5, 5.41) is 0.572. The monoisotopic (exact) mass is 758 g/mol. The van der Waals surface area contributed by atoms with Gasteiger partial charge in [0.25, 0.3) is 0 Å². The molecule has 0 spiro atoms. The number of anilines is 1. The molecule has 0 amide bonds. The van der Waals surface area contributed by atoms with Crippen molar-refractivity contribution in [2.24, 2.45) is 5.92 Å². The van der Waals surface area contributed by atoms with Gasteiger partial charge in [0.1, 0.15) is 21.9 Å². The molecule has 5 rings (SSSR count). The van der Waals surface area contributed by atoms with E-state index in [-0.39, 0.29) is 51.5 Å². The fourth-order valence-electron chi connectivity index (χ4n) is 5.54. The first-order valence-electron chi connectivity index (χ1n) is 16.1. The number of nitrogens with one attached hydrogen (secondary N) is 1. The normalized spacial score (nSPS) is 15.8. The lowest BCUT2D eigenvalue weighted by molar-refractivity contribution is -0.377. The molecule has 2 heterocycles. The lowest BCUT2D eigenvalue weighted by Gasteiger charge is -2.29. The zero-order chi connectivity index (χ0) is 35.8. The SMILES string of the molecule is COc1ccc(C(=O)O[C@@H](Cc2c(Cl)c[nH+]cc2Cl)c2ccc(OC(F)F)c(OCC3CC3)c2)cc1N(CCCN1CCOCC1)S(C)(=O)=O. The fourth-order valence-corrected chi connectivity index (χ4v) is 7.04. The van der Waals surface area contributed by atoms with E-state index in [1.807, 2.05) is 0 Å². The second kappa shape index (κ2) is 17.2. The van der Waals surface area contributed by atoms with Crippen molar-refractivity contribution in [2.75, 3.05) is 63.7 Å². The maximum atomic E-state index is 13.9. The van der Waals surface area contributed by atoms with Crippen LogP contribution in [-0.4, -0.2) is 85.3 Å². The summed E-state index contributed by atoms with van der Waals surface area (Å²) in [7, 11) is -2.38. The molecule has 11 nitrogen and oxygen atoms in total. The number of nitrogens with zero attached hydrogens (tertiary/aromatic N) is 2. The number of alkyl halides is 2. The van der Waals surface area contributed by atoms with Crippen LogP contribution in [0.25, 0.3) is 0 Å². The van der Waals surface area contributed by atoms with E-state index >= 15 is 0 Å². The second-order valence-corrected chi connectivity index (χ2v) is 14.8. The Hall–Kier alpha value is -3.43. The number of pyridine rings is 1. The van der Waals surface area contributed by atoms with E-state index in [0.717, 1.165) is 32.2 Å². The molecule has 0 bridgehead atoms. The molecule has 2 fully saturated rings. The van der Waals surface area contributed by atoms with Gasteiger partial charge in [-0.25, -0.2) is 18.2 Å². The molecule has 2 aromatic carbocycles. The summed E-state index contributed by atoms with van der Waals surface area (Å²) in [6.45, 7) is 0.820. The Morgan fingerprint density at radius 2 is 1.76 bits per heavy atom. The van der Waals surface area contributed by atoms with Crippen LogP contribution in [0.5, 0.6) is 17.2 Å². The summed E-state index contributed by atoms with van der Waals surface area (Å²) in [5.74, 6) is -0.305. The number of methoxy groups -OCH3 is 1. The van der Waals surface area contributed by atoms with Crippen molar-refractivity contribution in [3.8, 4) is 17.2 Å². The van der Waals surface area contributed by atoms with Crippen molar-refractivity contribution in [3.05, 3.63) is 75.5 Å². The average molecular weight is 760 g/mol. The van der Waals surface area contributed by atoms with Gasteiger partial charge in [0, 0.05) is 38.2 Å². The molecule has 1 aromatic heterocycles. The van der Waals surface area contributed by atoms with Gasteiger partial charge in [0.15, 0.2) is 23.9 Å². The highest BCUT2D eigenvalue weighted by Gasteiger charge is 2.28. The van der Waals surface area contributed by atoms with Gasteiger partial charge in [-0.1, -0.05) is 29.3 Å². The lowest BCUT2D eigenvalue weighted by atomic mass is 10.0. The molecule has 1 saturated heterocycles. The molecular weight excluding hydrogens is 719 g/mol. The Morgan fingerprint density at radius 3 is 2.40 bits per heavy atom. The van der Waals surface area contributed by atoms with Crippen LogP contribution in [0.15, 0.2) is 48.8 Å². The number of H-pyrrole nitrogens is 1. The number of hydrogen-bond acceptors (Lipinski definition) is 9. The lowest BCUT2D eigenvalue weighted by Crippen LogP contribution is -2.39. The van der Waals surface area contributed by atoms with Crippen molar-refractivity contribution in [1.29, 1.82) is 0 Å². The first-order chi connectivity index (χ1) is 23.9. The van der Waals surface area contributed by atoms with Gasteiger partial charge in [-0.2, -0.15) is 8.78 Å². The van der Waals surface area contributed by atoms with Crippen molar-refractivity contribution in [1.82, 2.24) is 4.90 Å². The Balaban J connectivity index is 1.45. The summed E-state index contributed by atoms with van der Waals surface area (Å²) >= 11 is 12.9. The van der Waals surface area contributed by atoms with Crippen LogP contribution in [0.3, 0.4) is 0 Å². The maximum Gasteiger partial charge on any atom is 0.387 e. The number of aromatic amines is 1. The minimum Gasteiger partial charge on any atom is -0.495 e. The zero-order valence-corrected chi connectivity index (χ0v) is 30.0. The molecule has 1 N–H and O–H groups in total. The highest BCUT2D eigenvalue weighted by atomic mass is 35.5. The average Bonchev–Trinajstić information content (AvgIpc) is 3.91. The number of carbonyl (C=O) groups excluding carboxylic acids is 1. The van der Waals surface area contributed by atoms with Crippen LogP contribution in [0.1, 0.15) is 46.9 Å². The first kappa shape index (κ1) is 37.8. The molecule has 1 atom stereocenters. The van der Waals surface area contributed by atoms with E-state index < -0.39 is 28.7 Å². The predicted octanol–water partition coefficient (Wildman–Crippen LogP) is 5.84. The molecule has 272 valence electrons. The highest BCUT2D eigenvalue weighted by Crippen LogP contribution is 2.39. The van der Waals surface area contributed by atoms with E-state index in [4.69, 9.17) is 46.9 Å². The maximum absolute atomic E-state index is 13.9. The Kier molecular flexibility index (Phi) is 13.0. The molecular formula is C34H40Cl2F2N3O8S+. The zero-order valence-electron chi connectivity index (χ0n) is 27.7. The molecule has 16 heteroatoms. The summed E-state index contributed by atoms with van der Waals surface area (Å²) in [4.78, 5) is 18.9. The van der Waals surface area contributed by atoms with E-state index in [0.29, 0.717) is 49.8 Å². The van der Waals surface area contributed by atoms with Crippen LogP contribution in [-0.2, 0) is 25.9 Å². The smallest absolute Gasteiger partial charge is 0.387 e. The third kappa shape index (κ3) is 10.3. The second-order valence-electron chi connectivity index (χ2n) is 12.1. The van der Waals surface area contributed by atoms with Gasteiger partial charge in [-0.3, -0.25) is 9.21 Å². The molecule has 1 aliphatic heterocycles. The number of esters is 1. The number of aromatic nitrogens is 1. The van der Waals surface area contributed by atoms with E-state index in [1.165, 1.54) is 60.2 Å².